The first kappa shape index (κ1) is 16.5. The van der Waals surface area contributed by atoms with Gasteiger partial charge in [0, 0.05) is 31.5 Å². The van der Waals surface area contributed by atoms with Gasteiger partial charge in [-0.2, -0.15) is 0 Å². The number of rotatable bonds is 4. The molecule has 4 heteroatoms. The molecule has 2 amide bonds. The van der Waals surface area contributed by atoms with Crippen LogP contribution in [-0.2, 0) is 13.0 Å². The van der Waals surface area contributed by atoms with Gasteiger partial charge in [0.2, 0.25) is 0 Å². The highest BCUT2D eigenvalue weighted by atomic mass is 16.2. The fraction of sp³-hybridized carbons (Fsp3) is 0.227. The quantitative estimate of drug-likeness (QED) is 0.766. The Kier molecular flexibility index (Phi) is 4.73. The summed E-state index contributed by atoms with van der Waals surface area (Å²) < 4.78 is 2.24. The van der Waals surface area contributed by atoms with Crippen LogP contribution in [0.25, 0.3) is 0 Å². The van der Waals surface area contributed by atoms with Crippen molar-refractivity contribution in [2.24, 2.45) is 0 Å². The molecule has 0 saturated carbocycles. The van der Waals surface area contributed by atoms with Crippen LogP contribution in [0.1, 0.15) is 22.9 Å². The molecule has 26 heavy (non-hydrogen) atoms. The van der Waals surface area contributed by atoms with E-state index in [4.69, 9.17) is 0 Å². The molecular formula is C22H23N3O. The number of nitrogens with zero attached hydrogens (tertiary/aromatic N) is 2. The Hall–Kier alpha value is -3.01. The van der Waals surface area contributed by atoms with E-state index in [0.717, 1.165) is 18.5 Å². The summed E-state index contributed by atoms with van der Waals surface area (Å²) in [7, 11) is 0. The summed E-state index contributed by atoms with van der Waals surface area (Å²) in [5.41, 5.74) is 3.55. The van der Waals surface area contributed by atoms with E-state index in [1.165, 1.54) is 11.3 Å². The van der Waals surface area contributed by atoms with Gasteiger partial charge in [-0.3, -0.25) is 0 Å². The number of carbonyl (C=O) groups excluding carboxylic acids is 1. The van der Waals surface area contributed by atoms with Crippen molar-refractivity contribution in [1.82, 2.24) is 14.8 Å². The minimum Gasteiger partial charge on any atom is -0.348 e. The summed E-state index contributed by atoms with van der Waals surface area (Å²) >= 11 is 0. The normalized spacial score (nSPS) is 16.2. The average Bonchev–Trinajstić information content (AvgIpc) is 3.17. The van der Waals surface area contributed by atoms with Crippen LogP contribution >= 0.6 is 0 Å². The lowest BCUT2D eigenvalue weighted by molar-refractivity contribution is 0.169. The number of hydrogen-bond donors (Lipinski definition) is 1. The number of fused-ring (bicyclic) bond motifs is 1. The van der Waals surface area contributed by atoms with Crippen molar-refractivity contribution in [3.63, 3.8) is 0 Å². The molecule has 132 valence electrons. The van der Waals surface area contributed by atoms with E-state index in [9.17, 15) is 4.79 Å². The van der Waals surface area contributed by atoms with Crippen molar-refractivity contribution in [3.8, 4) is 0 Å². The third-order valence-electron chi connectivity index (χ3n) is 4.95. The molecule has 1 aromatic heterocycles. The van der Waals surface area contributed by atoms with E-state index >= 15 is 0 Å². The number of aromatic nitrogens is 1. The summed E-state index contributed by atoms with van der Waals surface area (Å²) in [6, 6.07) is 24.6. The zero-order valence-electron chi connectivity index (χ0n) is 14.7. The van der Waals surface area contributed by atoms with E-state index in [0.29, 0.717) is 13.1 Å². The number of urea groups is 1. The molecule has 4 rings (SSSR count). The van der Waals surface area contributed by atoms with E-state index in [1.54, 1.807) is 0 Å². The highest BCUT2D eigenvalue weighted by Gasteiger charge is 2.31. The lowest BCUT2D eigenvalue weighted by Gasteiger charge is -2.37. The van der Waals surface area contributed by atoms with E-state index < -0.39 is 0 Å². The van der Waals surface area contributed by atoms with Crippen molar-refractivity contribution in [2.75, 3.05) is 13.1 Å². The largest absolute Gasteiger partial charge is 0.348 e. The molecule has 1 N–H and O–H groups in total. The second-order valence-electron chi connectivity index (χ2n) is 6.60. The number of carbonyl (C=O) groups is 1. The van der Waals surface area contributed by atoms with Gasteiger partial charge in [0.25, 0.3) is 0 Å². The highest BCUT2D eigenvalue weighted by Crippen LogP contribution is 2.32. The number of hydrogen-bond acceptors (Lipinski definition) is 1. The minimum atomic E-state index is -0.0447. The van der Waals surface area contributed by atoms with Crippen molar-refractivity contribution < 1.29 is 4.79 Å². The maximum absolute atomic E-state index is 12.9. The Labute approximate surface area is 154 Å². The van der Waals surface area contributed by atoms with Crippen molar-refractivity contribution in [1.29, 1.82) is 0 Å². The molecule has 0 saturated heterocycles. The van der Waals surface area contributed by atoms with Crippen molar-refractivity contribution in [2.45, 2.75) is 19.0 Å². The lowest BCUT2D eigenvalue weighted by Crippen LogP contribution is -2.47. The van der Waals surface area contributed by atoms with Crippen LogP contribution in [0.5, 0.6) is 0 Å². The van der Waals surface area contributed by atoms with Gasteiger partial charge in [-0.1, -0.05) is 60.7 Å². The Bertz CT molecular complexity index is 857. The first-order chi connectivity index (χ1) is 12.8. The van der Waals surface area contributed by atoms with Gasteiger partial charge in [0.05, 0.1) is 6.04 Å². The van der Waals surface area contributed by atoms with Gasteiger partial charge < -0.3 is 14.8 Å². The molecule has 0 spiro atoms. The van der Waals surface area contributed by atoms with Crippen LogP contribution in [0, 0.1) is 0 Å². The fourth-order valence-electron chi connectivity index (χ4n) is 3.65. The second kappa shape index (κ2) is 7.48. The molecule has 1 aliphatic rings. The molecule has 1 atom stereocenters. The molecule has 0 bridgehead atoms. The van der Waals surface area contributed by atoms with Crippen LogP contribution in [-0.4, -0.2) is 28.6 Å². The maximum Gasteiger partial charge on any atom is 0.318 e. The molecule has 0 radical (unpaired) electrons. The summed E-state index contributed by atoms with van der Waals surface area (Å²) in [5.74, 6) is 0. The fourth-order valence-corrected chi connectivity index (χ4v) is 3.65. The monoisotopic (exact) mass is 345 g/mol. The Balaban J connectivity index is 1.50. The molecule has 3 aromatic rings. The molecule has 2 aromatic carbocycles. The molecule has 4 nitrogen and oxygen atoms in total. The van der Waals surface area contributed by atoms with Crippen molar-refractivity contribution in [3.05, 3.63) is 95.8 Å². The number of amides is 2. The maximum atomic E-state index is 12.9. The SMILES string of the molecule is O=C(NCCc1ccccc1)N1CCn2cccc2[C@H]1c1ccccc1. The van der Waals surface area contributed by atoms with E-state index in [1.807, 2.05) is 41.3 Å². The van der Waals surface area contributed by atoms with E-state index in [2.05, 4.69) is 52.5 Å². The number of nitrogens with one attached hydrogen (secondary N) is 1. The molecule has 0 unspecified atom stereocenters. The first-order valence-corrected chi connectivity index (χ1v) is 9.11. The van der Waals surface area contributed by atoms with E-state index in [-0.39, 0.29) is 12.1 Å². The Morgan fingerprint density at radius 3 is 2.42 bits per heavy atom. The minimum absolute atomic E-state index is 0.00207. The summed E-state index contributed by atoms with van der Waals surface area (Å²) in [4.78, 5) is 14.9. The summed E-state index contributed by atoms with van der Waals surface area (Å²) in [6.45, 7) is 2.18. The van der Waals surface area contributed by atoms with Crippen molar-refractivity contribution >= 4 is 6.03 Å². The van der Waals surface area contributed by atoms with Gasteiger partial charge in [-0.25, -0.2) is 4.79 Å². The third-order valence-corrected chi connectivity index (χ3v) is 4.95. The summed E-state index contributed by atoms with van der Waals surface area (Å²) in [5, 5.41) is 3.10. The first-order valence-electron chi connectivity index (χ1n) is 9.11. The van der Waals surface area contributed by atoms with Crippen LogP contribution < -0.4 is 5.32 Å². The standard InChI is InChI=1S/C22H23N3O/c26-22(23-14-13-18-8-3-1-4-9-18)25-17-16-24-15-7-12-20(24)21(25)19-10-5-2-6-11-19/h1-12,15,21H,13-14,16-17H2,(H,23,26)/t21-/m1/s1. The molecular weight excluding hydrogens is 322 g/mol. The zero-order valence-corrected chi connectivity index (χ0v) is 14.7. The highest BCUT2D eigenvalue weighted by molar-refractivity contribution is 5.75. The predicted octanol–water partition coefficient (Wildman–Crippen LogP) is 3.85. The predicted molar refractivity (Wildman–Crippen MR) is 103 cm³/mol. The molecule has 0 aliphatic carbocycles. The van der Waals surface area contributed by atoms with Crippen LogP contribution in [0.3, 0.4) is 0 Å². The molecule has 1 aliphatic heterocycles. The average molecular weight is 345 g/mol. The van der Waals surface area contributed by atoms with Gasteiger partial charge >= 0.3 is 6.03 Å². The Morgan fingerprint density at radius 1 is 0.923 bits per heavy atom. The van der Waals surface area contributed by atoms with Gasteiger partial charge in [-0.05, 0) is 29.7 Å². The zero-order chi connectivity index (χ0) is 17.8. The Morgan fingerprint density at radius 2 is 1.65 bits per heavy atom. The van der Waals surface area contributed by atoms with Crippen LogP contribution in [0.15, 0.2) is 79.0 Å². The smallest absolute Gasteiger partial charge is 0.318 e. The van der Waals surface area contributed by atoms with Crippen LogP contribution in [0.4, 0.5) is 4.79 Å². The second-order valence-corrected chi connectivity index (χ2v) is 6.60. The van der Waals surface area contributed by atoms with Crippen LogP contribution in [0.2, 0.25) is 0 Å². The third kappa shape index (κ3) is 3.36. The molecule has 2 heterocycles. The van der Waals surface area contributed by atoms with Gasteiger partial charge in [0.15, 0.2) is 0 Å². The summed E-state index contributed by atoms with van der Waals surface area (Å²) in [6.07, 6.45) is 2.93. The molecule has 0 fully saturated rings. The lowest BCUT2D eigenvalue weighted by atomic mass is 10.0. The number of benzene rings is 2. The van der Waals surface area contributed by atoms with Gasteiger partial charge in [-0.15, -0.1) is 0 Å². The topological polar surface area (TPSA) is 37.3 Å². The van der Waals surface area contributed by atoms with Gasteiger partial charge in [0.1, 0.15) is 0 Å².